The predicted molar refractivity (Wildman–Crippen MR) is 187 cm³/mol. The zero-order chi connectivity index (χ0) is 30.2. The molecule has 0 unspecified atom stereocenters. The molecule has 40 heavy (non-hydrogen) atoms. The molecule has 2 nitrogen and oxygen atoms in total. The van der Waals surface area contributed by atoms with Crippen LogP contribution in [0.4, 0.5) is 0 Å². The summed E-state index contributed by atoms with van der Waals surface area (Å²) in [6, 6.07) is 0. The molecule has 0 bridgehead atoms. The highest BCUT2D eigenvalue weighted by molar-refractivity contribution is 6.17. The van der Waals surface area contributed by atoms with Crippen LogP contribution in [-0.4, -0.2) is 43.6 Å². The first-order valence-electron chi connectivity index (χ1n) is 18.0. The van der Waals surface area contributed by atoms with Crippen LogP contribution in [0.15, 0.2) is 12.2 Å². The van der Waals surface area contributed by atoms with Gasteiger partial charge in [0.05, 0.1) is 0 Å². The monoisotopic (exact) mass is 588 g/mol. The summed E-state index contributed by atoms with van der Waals surface area (Å²) in [6.45, 7) is 4.92. The van der Waals surface area contributed by atoms with E-state index in [1.54, 1.807) is 0 Å². The van der Waals surface area contributed by atoms with Crippen LogP contribution < -0.4 is 0 Å². The Morgan fingerprint density at radius 1 is 0.425 bits per heavy atom. The van der Waals surface area contributed by atoms with Crippen molar-refractivity contribution in [3.05, 3.63) is 12.2 Å². The third-order valence-electron chi connectivity index (χ3n) is 7.16. The van der Waals surface area contributed by atoms with Crippen molar-refractivity contribution in [3.63, 3.8) is 0 Å². The van der Waals surface area contributed by atoms with E-state index in [0.29, 0.717) is 6.61 Å². The highest BCUT2D eigenvalue weighted by atomic mass is 35.5. The van der Waals surface area contributed by atoms with Crippen LogP contribution in [0.1, 0.15) is 194 Å². The smallest absolute Gasteiger partial charge is 0.0431 e. The quantitative estimate of drug-likeness (QED) is 0.0534. The Labute approximate surface area is 260 Å². The van der Waals surface area contributed by atoms with Gasteiger partial charge in [0.2, 0.25) is 0 Å². The van der Waals surface area contributed by atoms with Gasteiger partial charge in [0.25, 0.3) is 0 Å². The lowest BCUT2D eigenvalue weighted by Crippen LogP contribution is -1.99. The zero-order valence-corrected chi connectivity index (χ0v) is 29.4. The minimum absolute atomic E-state index is 0.362. The molecular weight excluding hydrogens is 510 g/mol. The van der Waals surface area contributed by atoms with Crippen LogP contribution in [0.5, 0.6) is 0 Å². The third-order valence-corrected chi connectivity index (χ3v) is 7.42. The summed E-state index contributed by atoms with van der Waals surface area (Å²) in [5.74, 6) is 0.845. The van der Waals surface area contributed by atoms with Gasteiger partial charge < -0.3 is 10.0 Å². The second kappa shape index (κ2) is 45.9. The summed E-state index contributed by atoms with van der Waals surface area (Å²) in [5, 5.41) is 8.66. The highest BCUT2D eigenvalue weighted by Crippen LogP contribution is 2.13. The first-order chi connectivity index (χ1) is 19.6. The molecule has 0 aliphatic rings. The average Bonchev–Trinajstić information content (AvgIpc) is 2.93. The van der Waals surface area contributed by atoms with E-state index in [0.717, 1.165) is 12.3 Å². The van der Waals surface area contributed by atoms with E-state index in [-0.39, 0.29) is 0 Å². The Bertz CT molecular complexity index is 396. The number of alkyl halides is 1. The molecule has 0 heterocycles. The van der Waals surface area contributed by atoms with Crippen molar-refractivity contribution in [1.82, 2.24) is 4.90 Å². The molecule has 0 aromatic carbocycles. The normalized spacial score (nSPS) is 11.0. The standard InChI is InChI=1S/C18H36O.C16H33Cl.C3H9N/c1-2-3-4-5-6-7-8-9-10-11-12-13-14-15-16-17-18-19;1-2-3-4-5-6-7-8-9-10-11-12-13-14-15-16-17;1-4(2)3/h9-10,19H,2-8,11-18H2,1H3;2-16H2,1H3;1-3H3/b10-9-;;. The third kappa shape index (κ3) is 57.8. The number of aliphatic hydroxyl groups is 1. The molecule has 0 saturated heterocycles. The van der Waals surface area contributed by atoms with E-state index in [4.69, 9.17) is 16.7 Å². The summed E-state index contributed by atoms with van der Waals surface area (Å²) >= 11 is 5.64. The molecular formula is C37H78ClNO. The Morgan fingerprint density at radius 3 is 0.950 bits per heavy atom. The van der Waals surface area contributed by atoms with Crippen molar-refractivity contribution >= 4 is 11.6 Å². The molecule has 3 heteroatoms. The molecule has 0 aliphatic carbocycles. The van der Waals surface area contributed by atoms with Crippen molar-refractivity contribution in [1.29, 1.82) is 0 Å². The summed E-state index contributed by atoms with van der Waals surface area (Å²) in [5.41, 5.74) is 0. The number of unbranched alkanes of at least 4 members (excludes halogenated alkanes) is 25. The fraction of sp³-hybridized carbons (Fsp3) is 0.946. The lowest BCUT2D eigenvalue weighted by molar-refractivity contribution is 0.282. The first kappa shape index (κ1) is 44.4. The summed E-state index contributed by atoms with van der Waals surface area (Å²) < 4.78 is 0. The van der Waals surface area contributed by atoms with E-state index in [9.17, 15) is 0 Å². The van der Waals surface area contributed by atoms with Crippen LogP contribution in [0, 0.1) is 0 Å². The van der Waals surface area contributed by atoms with E-state index < -0.39 is 0 Å². The molecule has 0 radical (unpaired) electrons. The molecule has 0 atom stereocenters. The predicted octanol–water partition coefficient (Wildman–Crippen LogP) is 12.9. The van der Waals surface area contributed by atoms with Gasteiger partial charge in [-0.2, -0.15) is 0 Å². The van der Waals surface area contributed by atoms with Gasteiger partial charge >= 0.3 is 0 Å². The molecule has 0 rings (SSSR count). The second-order valence-corrected chi connectivity index (χ2v) is 12.7. The molecule has 1 N–H and O–H groups in total. The Hall–Kier alpha value is -0.0500. The number of hydrogen-bond acceptors (Lipinski definition) is 2. The van der Waals surface area contributed by atoms with E-state index in [1.165, 1.54) is 173 Å². The Balaban J connectivity index is -0.000000605. The molecule has 0 fully saturated rings. The molecule has 0 amide bonds. The van der Waals surface area contributed by atoms with Gasteiger partial charge in [-0.05, 0) is 59.7 Å². The highest BCUT2D eigenvalue weighted by Gasteiger charge is 1.94. The van der Waals surface area contributed by atoms with Gasteiger partial charge in [-0.25, -0.2) is 0 Å². The largest absolute Gasteiger partial charge is 0.396 e. The molecule has 0 aliphatic heterocycles. The van der Waals surface area contributed by atoms with E-state index >= 15 is 0 Å². The minimum atomic E-state index is 0.362. The van der Waals surface area contributed by atoms with Crippen molar-refractivity contribution in [2.75, 3.05) is 33.6 Å². The number of rotatable bonds is 29. The SMILES string of the molecule is CCCCCCCC/C=C\CCCCCCCCO.CCCCCCCCCCCCCCCCCl.CN(C)C. The summed E-state index contributed by atoms with van der Waals surface area (Å²) in [4.78, 5) is 2.00. The maximum Gasteiger partial charge on any atom is 0.0431 e. The summed E-state index contributed by atoms with van der Waals surface area (Å²) in [6.07, 6.45) is 43.0. The van der Waals surface area contributed by atoms with E-state index in [1.807, 2.05) is 26.0 Å². The molecule has 0 aromatic rings. The molecule has 244 valence electrons. The summed E-state index contributed by atoms with van der Waals surface area (Å²) in [7, 11) is 6.00. The number of aliphatic hydroxyl groups excluding tert-OH is 1. The maximum atomic E-state index is 8.66. The minimum Gasteiger partial charge on any atom is -0.396 e. The number of hydrogen-bond donors (Lipinski definition) is 1. The van der Waals surface area contributed by atoms with Crippen molar-refractivity contribution in [3.8, 4) is 0 Å². The fourth-order valence-corrected chi connectivity index (χ4v) is 4.84. The van der Waals surface area contributed by atoms with Crippen LogP contribution in [-0.2, 0) is 0 Å². The van der Waals surface area contributed by atoms with Crippen LogP contribution in [0.3, 0.4) is 0 Å². The topological polar surface area (TPSA) is 23.5 Å². The first-order valence-corrected chi connectivity index (χ1v) is 18.5. The van der Waals surface area contributed by atoms with E-state index in [2.05, 4.69) is 26.0 Å². The van der Waals surface area contributed by atoms with Gasteiger partial charge in [-0.1, -0.05) is 167 Å². The number of allylic oxidation sites excluding steroid dienone is 2. The van der Waals surface area contributed by atoms with Gasteiger partial charge in [0.1, 0.15) is 0 Å². The van der Waals surface area contributed by atoms with Crippen LogP contribution in [0.25, 0.3) is 0 Å². The van der Waals surface area contributed by atoms with Crippen LogP contribution >= 0.6 is 11.6 Å². The van der Waals surface area contributed by atoms with Gasteiger partial charge in [-0.3, -0.25) is 0 Å². The zero-order valence-electron chi connectivity index (χ0n) is 28.6. The molecule has 0 spiro atoms. The molecule has 0 saturated carbocycles. The van der Waals surface area contributed by atoms with Gasteiger partial charge in [0, 0.05) is 12.5 Å². The lowest BCUT2D eigenvalue weighted by Gasteiger charge is -2.02. The van der Waals surface area contributed by atoms with Gasteiger partial charge in [0.15, 0.2) is 0 Å². The van der Waals surface area contributed by atoms with Gasteiger partial charge in [-0.15, -0.1) is 11.6 Å². The Morgan fingerprint density at radius 2 is 0.675 bits per heavy atom. The number of halogens is 1. The second-order valence-electron chi connectivity index (χ2n) is 12.3. The van der Waals surface area contributed by atoms with Crippen molar-refractivity contribution < 1.29 is 5.11 Å². The lowest BCUT2D eigenvalue weighted by atomic mass is 10.0. The Kier molecular flexibility index (Phi) is 51.0. The maximum absolute atomic E-state index is 8.66. The fourth-order valence-electron chi connectivity index (χ4n) is 4.65. The average molecular weight is 588 g/mol. The van der Waals surface area contributed by atoms with Crippen LogP contribution in [0.2, 0.25) is 0 Å². The van der Waals surface area contributed by atoms with Crippen molar-refractivity contribution in [2.45, 2.75) is 194 Å². The van der Waals surface area contributed by atoms with Crippen molar-refractivity contribution in [2.24, 2.45) is 0 Å². The molecule has 0 aromatic heterocycles. The number of nitrogens with zero attached hydrogens (tertiary/aromatic N) is 1.